The Morgan fingerprint density at radius 2 is 1.35 bits per heavy atom. The van der Waals surface area contributed by atoms with Gasteiger partial charge in [-0.25, -0.2) is 4.79 Å². The first-order valence-corrected chi connectivity index (χ1v) is 16.0. The Morgan fingerprint density at radius 3 is 1.91 bits per heavy atom. The fourth-order valence-electron chi connectivity index (χ4n) is 6.02. The SMILES string of the molecule is CO[C@](C(=O)O[C@@H]1CCCCCCCCCCCCCc2cc(O)cc(c2)Oc2c(O)cc1cc2O)(c1ccccc1)C(F)(F)F. The van der Waals surface area contributed by atoms with Crippen molar-refractivity contribution >= 4 is 5.97 Å². The largest absolute Gasteiger partial charge is 0.508 e. The third-order valence-corrected chi connectivity index (χ3v) is 8.47. The highest BCUT2D eigenvalue weighted by molar-refractivity contribution is 5.83. The molecule has 0 aliphatic carbocycles. The molecular formula is C36H43F3O7. The number of aromatic hydroxyl groups is 3. The van der Waals surface area contributed by atoms with Crippen molar-refractivity contribution < 1.29 is 47.5 Å². The minimum absolute atomic E-state index is 0.0331. The lowest BCUT2D eigenvalue weighted by molar-refractivity contribution is -0.278. The second-order valence-electron chi connectivity index (χ2n) is 11.9. The summed E-state index contributed by atoms with van der Waals surface area (Å²) in [6.07, 6.45) is 5.37. The summed E-state index contributed by atoms with van der Waals surface area (Å²) in [5.74, 6) is -2.84. The number of rotatable bonds is 4. The number of ether oxygens (including phenoxy) is 3. The van der Waals surface area contributed by atoms with E-state index < -0.39 is 40.9 Å². The molecule has 0 unspecified atom stereocenters. The van der Waals surface area contributed by atoms with Crippen LogP contribution in [0.4, 0.5) is 13.2 Å². The van der Waals surface area contributed by atoms with Crippen LogP contribution in [0.15, 0.2) is 60.7 Å². The Kier molecular flexibility index (Phi) is 12.2. The maximum atomic E-state index is 14.6. The molecule has 0 saturated heterocycles. The number of aryl methyl sites for hydroxylation is 1. The van der Waals surface area contributed by atoms with Crippen LogP contribution in [0, 0.1) is 0 Å². The molecule has 5 rings (SSSR count). The average molecular weight is 645 g/mol. The Labute approximate surface area is 267 Å². The van der Waals surface area contributed by atoms with Crippen LogP contribution in [0.3, 0.4) is 0 Å². The molecule has 0 spiro atoms. The standard InChI is InChI=1S/C36H43F3O7/c1-44-35(36(37,38)39,27-17-13-11-14-18-27)34(43)46-32-19-15-10-8-6-4-2-3-5-7-9-12-16-25-20-28(40)24-29(21-25)45-33-30(41)22-26(32)23-31(33)42/h11,13-14,17-18,20-24,32,40-42H,2-10,12,15-16,19H2,1H3/t32-,35+/m1/s1. The third kappa shape index (κ3) is 8.66. The van der Waals surface area contributed by atoms with Crippen LogP contribution in [0.25, 0.3) is 0 Å². The summed E-state index contributed by atoms with van der Waals surface area (Å²) >= 11 is 0. The van der Waals surface area contributed by atoms with Crippen LogP contribution in [0.1, 0.15) is 99.8 Å². The van der Waals surface area contributed by atoms with Gasteiger partial charge in [0.1, 0.15) is 17.6 Å². The van der Waals surface area contributed by atoms with E-state index in [4.69, 9.17) is 14.2 Å². The van der Waals surface area contributed by atoms with E-state index >= 15 is 0 Å². The van der Waals surface area contributed by atoms with Gasteiger partial charge in [-0.1, -0.05) is 88.1 Å². The summed E-state index contributed by atoms with van der Waals surface area (Å²) in [7, 11) is 0.802. The Balaban J connectivity index is 1.67. The first-order valence-electron chi connectivity index (χ1n) is 16.0. The Bertz CT molecular complexity index is 1400. The smallest absolute Gasteiger partial charge is 0.432 e. The molecule has 3 aromatic rings. The van der Waals surface area contributed by atoms with Crippen LogP contribution in [-0.4, -0.2) is 34.6 Å². The summed E-state index contributed by atoms with van der Waals surface area (Å²) in [5.41, 5.74) is -2.90. The number of phenols is 3. The molecule has 0 fully saturated rings. The summed E-state index contributed by atoms with van der Waals surface area (Å²) in [6, 6.07) is 13.7. The number of carbonyl (C=O) groups excluding carboxylic acids is 1. The van der Waals surface area contributed by atoms with Crippen LogP contribution >= 0.6 is 0 Å². The van der Waals surface area contributed by atoms with Gasteiger partial charge in [0.2, 0.25) is 5.75 Å². The monoisotopic (exact) mass is 644 g/mol. The molecule has 3 aromatic carbocycles. The van der Waals surface area contributed by atoms with Gasteiger partial charge in [-0.05, 0) is 55.5 Å². The maximum absolute atomic E-state index is 14.6. The van der Waals surface area contributed by atoms with Crippen LogP contribution in [0.5, 0.6) is 28.7 Å². The van der Waals surface area contributed by atoms with Gasteiger partial charge >= 0.3 is 12.1 Å². The number of fused-ring (bicyclic) bond motifs is 15. The molecule has 46 heavy (non-hydrogen) atoms. The lowest BCUT2D eigenvalue weighted by Gasteiger charge is -2.34. The zero-order valence-corrected chi connectivity index (χ0v) is 26.2. The number of benzene rings is 3. The lowest BCUT2D eigenvalue weighted by atomic mass is 9.92. The second kappa shape index (κ2) is 16.1. The number of hydrogen-bond acceptors (Lipinski definition) is 7. The number of halogens is 3. The van der Waals surface area contributed by atoms with Gasteiger partial charge in [0.25, 0.3) is 5.60 Å². The first kappa shape index (κ1) is 34.9. The molecule has 250 valence electrons. The number of phenolic OH excluding ortho intramolecular Hbond substituents is 3. The van der Waals surface area contributed by atoms with Gasteiger partial charge in [-0.3, -0.25) is 0 Å². The fraction of sp³-hybridized carbons (Fsp3) is 0.472. The molecule has 2 aliphatic heterocycles. The van der Waals surface area contributed by atoms with Crippen LogP contribution in [-0.2, 0) is 26.3 Å². The van der Waals surface area contributed by atoms with Gasteiger partial charge in [0, 0.05) is 24.3 Å². The predicted octanol–water partition coefficient (Wildman–Crippen LogP) is 9.52. The number of hydrogen-bond donors (Lipinski definition) is 3. The van der Waals surface area contributed by atoms with Crippen molar-refractivity contribution in [1.82, 2.24) is 0 Å². The first-order chi connectivity index (χ1) is 22.0. The third-order valence-electron chi connectivity index (χ3n) is 8.47. The van der Waals surface area contributed by atoms with Crippen molar-refractivity contribution in [3.63, 3.8) is 0 Å². The topological polar surface area (TPSA) is 105 Å². The Hall–Kier alpha value is -3.92. The molecule has 0 radical (unpaired) electrons. The highest BCUT2D eigenvalue weighted by atomic mass is 19.4. The quantitative estimate of drug-likeness (QED) is 0.243. The molecule has 3 N–H and O–H groups in total. The van der Waals surface area contributed by atoms with Crippen molar-refractivity contribution in [2.45, 2.75) is 101 Å². The van der Waals surface area contributed by atoms with Crippen LogP contribution in [0.2, 0.25) is 0 Å². The molecule has 0 saturated carbocycles. The van der Waals surface area contributed by atoms with E-state index in [-0.39, 0.29) is 29.2 Å². The molecule has 7 nitrogen and oxygen atoms in total. The predicted molar refractivity (Wildman–Crippen MR) is 167 cm³/mol. The molecule has 10 heteroatoms. The minimum Gasteiger partial charge on any atom is -0.508 e. The van der Waals surface area contributed by atoms with Gasteiger partial charge in [-0.15, -0.1) is 0 Å². The number of carbonyl (C=O) groups is 1. The normalized spacial score (nSPS) is 18.7. The molecule has 2 atom stereocenters. The van der Waals surface area contributed by atoms with E-state index in [9.17, 15) is 33.3 Å². The van der Waals surface area contributed by atoms with Crippen molar-refractivity contribution in [2.24, 2.45) is 0 Å². The van der Waals surface area contributed by atoms with Crippen molar-refractivity contribution in [3.05, 3.63) is 77.4 Å². The molecule has 0 amide bonds. The van der Waals surface area contributed by atoms with E-state index in [1.54, 1.807) is 12.1 Å². The summed E-state index contributed by atoms with van der Waals surface area (Å²) < 4.78 is 60.1. The summed E-state index contributed by atoms with van der Waals surface area (Å²) in [5, 5.41) is 32.1. The molecule has 2 aliphatic rings. The summed E-state index contributed by atoms with van der Waals surface area (Å²) in [6.45, 7) is 0. The van der Waals surface area contributed by atoms with E-state index in [0.717, 1.165) is 95.4 Å². The van der Waals surface area contributed by atoms with Gasteiger partial charge in [0.15, 0.2) is 11.5 Å². The average Bonchev–Trinajstić information content (AvgIpc) is 3.00. The van der Waals surface area contributed by atoms with Crippen molar-refractivity contribution in [2.75, 3.05) is 7.11 Å². The van der Waals surface area contributed by atoms with Gasteiger partial charge in [-0.2, -0.15) is 13.2 Å². The zero-order chi connectivity index (χ0) is 33.2. The van der Waals surface area contributed by atoms with E-state index in [1.807, 2.05) is 0 Å². The molecule has 4 bridgehead atoms. The Morgan fingerprint density at radius 1 is 0.783 bits per heavy atom. The van der Waals surface area contributed by atoms with Gasteiger partial charge in [0.05, 0.1) is 0 Å². The number of methoxy groups -OCH3 is 1. The highest BCUT2D eigenvalue weighted by Gasteiger charge is 2.64. The van der Waals surface area contributed by atoms with E-state index in [1.165, 1.54) is 36.4 Å². The van der Waals surface area contributed by atoms with Gasteiger partial charge < -0.3 is 29.5 Å². The van der Waals surface area contributed by atoms with Crippen LogP contribution < -0.4 is 4.74 Å². The number of esters is 1. The maximum Gasteiger partial charge on any atom is 0.432 e. The second-order valence-corrected chi connectivity index (χ2v) is 11.9. The van der Waals surface area contributed by atoms with E-state index in [2.05, 4.69) is 0 Å². The van der Waals surface area contributed by atoms with Crippen molar-refractivity contribution in [1.29, 1.82) is 0 Å². The fourth-order valence-corrected chi connectivity index (χ4v) is 6.02. The lowest BCUT2D eigenvalue weighted by Crippen LogP contribution is -2.52. The minimum atomic E-state index is -5.16. The number of alkyl halides is 3. The highest BCUT2D eigenvalue weighted by Crippen LogP contribution is 2.46. The van der Waals surface area contributed by atoms with Crippen molar-refractivity contribution in [3.8, 4) is 28.7 Å². The van der Waals surface area contributed by atoms with E-state index in [0.29, 0.717) is 6.42 Å². The molecular weight excluding hydrogens is 601 g/mol. The zero-order valence-electron chi connectivity index (χ0n) is 26.2. The molecule has 2 heterocycles. The summed E-state index contributed by atoms with van der Waals surface area (Å²) in [4.78, 5) is 13.5. The molecule has 0 aromatic heterocycles.